The van der Waals surface area contributed by atoms with Crippen LogP contribution in [-0.2, 0) is 5.75 Å². The van der Waals surface area contributed by atoms with Crippen LogP contribution in [0.3, 0.4) is 0 Å². The van der Waals surface area contributed by atoms with Crippen LogP contribution in [0, 0.1) is 59.2 Å². The maximum atomic E-state index is 10.3. The lowest BCUT2D eigenvalue weighted by molar-refractivity contribution is 0.316. The van der Waals surface area contributed by atoms with E-state index in [-0.39, 0.29) is 11.6 Å². The molecule has 0 saturated heterocycles. The molecule has 0 aliphatic heterocycles. The van der Waals surface area contributed by atoms with Crippen LogP contribution in [0.15, 0.2) is 58.1 Å². The maximum Gasteiger partial charge on any atom is 0.191 e. The SMILES string of the molecule is Cc1cc(C)c(C2C3CCCC=C3C(C#N)=C(N)C2(C#N)C#N)cc1CSc1cc(Cl)ccc1Cl. The van der Waals surface area contributed by atoms with Gasteiger partial charge in [-0.25, -0.2) is 0 Å². The standard InChI is InChI=1S/C28H24Cl2N4S/c1-16-9-17(2)22(10-18(16)13-35-25-11-19(29)7-8-24(25)30)26-21-6-4-3-5-20(21)23(12-31)27(34)28(26,14-32)15-33/h5,7-11,21,26H,3-4,6,13,34H2,1-2H3. The monoisotopic (exact) mass is 518 g/mol. The highest BCUT2D eigenvalue weighted by molar-refractivity contribution is 7.98. The molecule has 4 nitrogen and oxygen atoms in total. The van der Waals surface area contributed by atoms with Crippen molar-refractivity contribution in [3.63, 3.8) is 0 Å². The summed E-state index contributed by atoms with van der Waals surface area (Å²) in [5.41, 5.74) is 10.2. The quantitative estimate of drug-likeness (QED) is 0.422. The summed E-state index contributed by atoms with van der Waals surface area (Å²) >= 11 is 14.1. The van der Waals surface area contributed by atoms with Crippen molar-refractivity contribution in [1.29, 1.82) is 15.8 Å². The second kappa shape index (κ2) is 10.0. The normalized spacial score (nSPS) is 20.8. The molecule has 4 rings (SSSR count). The Labute approximate surface area is 220 Å². The Balaban J connectivity index is 1.84. The van der Waals surface area contributed by atoms with Crippen LogP contribution in [0.2, 0.25) is 10.0 Å². The zero-order valence-electron chi connectivity index (χ0n) is 19.5. The summed E-state index contributed by atoms with van der Waals surface area (Å²) < 4.78 is 0. The van der Waals surface area contributed by atoms with Gasteiger partial charge in [-0.15, -0.1) is 11.8 Å². The number of benzene rings is 2. The molecular formula is C28H24Cl2N4S. The molecule has 2 aliphatic carbocycles. The number of rotatable bonds is 4. The molecule has 2 aliphatic rings. The van der Waals surface area contributed by atoms with E-state index >= 15 is 0 Å². The van der Waals surface area contributed by atoms with Gasteiger partial charge < -0.3 is 5.73 Å². The zero-order chi connectivity index (χ0) is 25.3. The molecule has 0 amide bonds. The highest BCUT2D eigenvalue weighted by Gasteiger charge is 2.54. The Morgan fingerprint density at radius 2 is 1.83 bits per heavy atom. The van der Waals surface area contributed by atoms with Gasteiger partial charge in [-0.2, -0.15) is 15.8 Å². The number of hydrogen-bond donors (Lipinski definition) is 1. The second-order valence-electron chi connectivity index (χ2n) is 9.11. The molecule has 2 N–H and O–H groups in total. The molecule has 2 aromatic rings. The van der Waals surface area contributed by atoms with Gasteiger partial charge in [0.1, 0.15) is 6.07 Å². The Kier molecular flexibility index (Phi) is 7.21. The van der Waals surface area contributed by atoms with Crippen LogP contribution >= 0.6 is 35.0 Å². The summed E-state index contributed by atoms with van der Waals surface area (Å²) in [6, 6.07) is 16.3. The van der Waals surface area contributed by atoms with Gasteiger partial charge in [0.2, 0.25) is 0 Å². The fraction of sp³-hybridized carbons (Fsp3) is 0.321. The summed E-state index contributed by atoms with van der Waals surface area (Å²) in [6.07, 6.45) is 4.66. The highest BCUT2D eigenvalue weighted by atomic mass is 35.5. The zero-order valence-corrected chi connectivity index (χ0v) is 21.9. The van der Waals surface area contributed by atoms with Gasteiger partial charge in [0.15, 0.2) is 5.41 Å². The third kappa shape index (κ3) is 4.32. The summed E-state index contributed by atoms with van der Waals surface area (Å²) in [5.74, 6) is 0.0784. The van der Waals surface area contributed by atoms with Gasteiger partial charge in [-0.05, 0) is 85.1 Å². The van der Waals surface area contributed by atoms with E-state index in [4.69, 9.17) is 28.9 Å². The van der Waals surface area contributed by atoms with Crippen molar-refractivity contribution in [3.8, 4) is 18.2 Å². The predicted molar refractivity (Wildman–Crippen MR) is 141 cm³/mol. The number of nitrogens with zero attached hydrogens (tertiary/aromatic N) is 3. The van der Waals surface area contributed by atoms with Crippen molar-refractivity contribution in [2.24, 2.45) is 17.1 Å². The Hall–Kier alpha value is -2.88. The molecule has 0 spiro atoms. The van der Waals surface area contributed by atoms with Crippen molar-refractivity contribution in [1.82, 2.24) is 0 Å². The first-order chi connectivity index (χ1) is 16.8. The molecule has 0 bridgehead atoms. The fourth-order valence-electron chi connectivity index (χ4n) is 5.37. The average molecular weight is 520 g/mol. The van der Waals surface area contributed by atoms with Gasteiger partial charge in [-0.1, -0.05) is 41.4 Å². The van der Waals surface area contributed by atoms with E-state index in [0.717, 1.165) is 52.0 Å². The molecule has 0 saturated carbocycles. The average Bonchev–Trinajstić information content (AvgIpc) is 2.85. The first kappa shape index (κ1) is 25.2. The number of hydrogen-bond acceptors (Lipinski definition) is 5. The molecule has 0 fully saturated rings. The van der Waals surface area contributed by atoms with Crippen molar-refractivity contribution < 1.29 is 0 Å². The molecule has 7 heteroatoms. The molecule has 0 radical (unpaired) electrons. The molecule has 2 unspecified atom stereocenters. The van der Waals surface area contributed by atoms with E-state index in [9.17, 15) is 15.8 Å². The Morgan fingerprint density at radius 3 is 2.51 bits per heavy atom. The third-order valence-electron chi connectivity index (χ3n) is 7.14. The summed E-state index contributed by atoms with van der Waals surface area (Å²) in [4.78, 5) is 0.894. The number of halogens is 2. The number of aryl methyl sites for hydroxylation is 2. The maximum absolute atomic E-state index is 10.3. The van der Waals surface area contributed by atoms with Crippen LogP contribution in [-0.4, -0.2) is 0 Å². The first-order valence-corrected chi connectivity index (χ1v) is 13.1. The first-order valence-electron chi connectivity index (χ1n) is 11.4. The van der Waals surface area contributed by atoms with Crippen molar-refractivity contribution in [2.45, 2.75) is 49.7 Å². The lowest BCUT2D eigenvalue weighted by Gasteiger charge is -2.44. The largest absolute Gasteiger partial charge is 0.399 e. The minimum absolute atomic E-state index is 0.0704. The lowest BCUT2D eigenvalue weighted by Crippen LogP contribution is -2.43. The molecule has 2 aromatic carbocycles. The van der Waals surface area contributed by atoms with Crippen LogP contribution < -0.4 is 5.73 Å². The van der Waals surface area contributed by atoms with Crippen LogP contribution in [0.4, 0.5) is 0 Å². The summed E-state index contributed by atoms with van der Waals surface area (Å²) in [7, 11) is 0. The van der Waals surface area contributed by atoms with Crippen LogP contribution in [0.5, 0.6) is 0 Å². The van der Waals surface area contributed by atoms with Crippen molar-refractivity contribution in [2.75, 3.05) is 0 Å². The Bertz CT molecular complexity index is 1370. The number of fused-ring (bicyclic) bond motifs is 1. The topological polar surface area (TPSA) is 97.4 Å². The second-order valence-corrected chi connectivity index (χ2v) is 11.0. The lowest BCUT2D eigenvalue weighted by atomic mass is 9.56. The van der Waals surface area contributed by atoms with E-state index < -0.39 is 11.3 Å². The number of nitriles is 3. The van der Waals surface area contributed by atoms with E-state index in [2.05, 4.69) is 43.3 Å². The summed E-state index contributed by atoms with van der Waals surface area (Å²) in [6.45, 7) is 4.07. The van der Waals surface area contributed by atoms with E-state index in [0.29, 0.717) is 21.4 Å². The van der Waals surface area contributed by atoms with Gasteiger partial charge in [0.05, 0.1) is 28.4 Å². The van der Waals surface area contributed by atoms with E-state index in [1.165, 1.54) is 0 Å². The predicted octanol–water partition coefficient (Wildman–Crippen LogP) is 7.50. The van der Waals surface area contributed by atoms with E-state index in [1.807, 2.05) is 13.0 Å². The minimum atomic E-state index is -1.61. The number of allylic oxidation sites excluding steroid dienone is 4. The third-order valence-corrected chi connectivity index (χ3v) is 8.92. The number of nitrogens with two attached hydrogens (primary N) is 1. The fourth-order valence-corrected chi connectivity index (χ4v) is 6.92. The van der Waals surface area contributed by atoms with Crippen molar-refractivity contribution in [3.05, 3.63) is 85.6 Å². The van der Waals surface area contributed by atoms with Gasteiger partial charge in [0, 0.05) is 21.6 Å². The number of thioether (sulfide) groups is 1. The van der Waals surface area contributed by atoms with Crippen LogP contribution in [0.25, 0.3) is 0 Å². The molecule has 2 atom stereocenters. The van der Waals surface area contributed by atoms with Gasteiger partial charge >= 0.3 is 0 Å². The van der Waals surface area contributed by atoms with Gasteiger partial charge in [0.25, 0.3) is 0 Å². The molecule has 35 heavy (non-hydrogen) atoms. The van der Waals surface area contributed by atoms with Crippen molar-refractivity contribution >= 4 is 35.0 Å². The van der Waals surface area contributed by atoms with Crippen LogP contribution in [0.1, 0.15) is 47.4 Å². The highest BCUT2D eigenvalue weighted by Crippen LogP contribution is 2.56. The minimum Gasteiger partial charge on any atom is -0.399 e. The summed E-state index contributed by atoms with van der Waals surface area (Å²) in [5, 5.41) is 31.8. The molecule has 0 heterocycles. The molecular weight excluding hydrogens is 495 g/mol. The van der Waals surface area contributed by atoms with E-state index in [1.54, 1.807) is 23.9 Å². The Morgan fingerprint density at radius 1 is 1.09 bits per heavy atom. The smallest absolute Gasteiger partial charge is 0.191 e. The molecule has 176 valence electrons. The molecule has 0 aromatic heterocycles. The van der Waals surface area contributed by atoms with Gasteiger partial charge in [-0.3, -0.25) is 0 Å².